The SMILES string of the molecule is CNC1CCN(S(=O)(=O)c2ccc([N+](=O)[O-])cn2)CC1. The van der Waals surface area contributed by atoms with Gasteiger partial charge in [-0.15, -0.1) is 0 Å². The van der Waals surface area contributed by atoms with E-state index in [1.807, 2.05) is 7.05 Å². The summed E-state index contributed by atoms with van der Waals surface area (Å²) < 4.78 is 26.0. The molecule has 1 aromatic rings. The Hall–Kier alpha value is -1.58. The van der Waals surface area contributed by atoms with Crippen LogP contribution in [-0.4, -0.2) is 48.8 Å². The summed E-state index contributed by atoms with van der Waals surface area (Å²) in [5.41, 5.74) is -0.224. The molecule has 0 bridgehead atoms. The van der Waals surface area contributed by atoms with Gasteiger partial charge in [-0.1, -0.05) is 0 Å². The highest BCUT2D eigenvalue weighted by atomic mass is 32.2. The van der Waals surface area contributed by atoms with Crippen molar-refractivity contribution in [3.8, 4) is 0 Å². The molecule has 1 N–H and O–H groups in total. The number of hydrogen-bond donors (Lipinski definition) is 1. The van der Waals surface area contributed by atoms with Crippen LogP contribution in [0.15, 0.2) is 23.4 Å². The minimum atomic E-state index is -3.66. The number of rotatable bonds is 4. The van der Waals surface area contributed by atoms with Gasteiger partial charge >= 0.3 is 0 Å². The molecular weight excluding hydrogens is 284 g/mol. The van der Waals surface area contributed by atoms with E-state index < -0.39 is 14.9 Å². The minimum absolute atomic E-state index is 0.147. The zero-order chi connectivity index (χ0) is 14.8. The molecular formula is C11H16N4O4S. The van der Waals surface area contributed by atoms with Gasteiger partial charge in [0.2, 0.25) is 0 Å². The lowest BCUT2D eigenvalue weighted by Crippen LogP contribution is -2.44. The summed E-state index contributed by atoms with van der Waals surface area (Å²) >= 11 is 0. The molecule has 0 saturated carbocycles. The van der Waals surface area contributed by atoms with Crippen molar-refractivity contribution in [3.05, 3.63) is 28.4 Å². The topological polar surface area (TPSA) is 105 Å². The van der Waals surface area contributed by atoms with Crippen molar-refractivity contribution in [2.24, 2.45) is 0 Å². The Bertz CT molecular complexity index is 579. The van der Waals surface area contributed by atoms with E-state index in [0.717, 1.165) is 25.1 Å². The molecule has 1 fully saturated rings. The maximum Gasteiger partial charge on any atom is 0.287 e. The van der Waals surface area contributed by atoms with Crippen LogP contribution in [0.2, 0.25) is 0 Å². The first-order chi connectivity index (χ1) is 9.45. The van der Waals surface area contributed by atoms with E-state index in [9.17, 15) is 18.5 Å². The second-order valence-corrected chi connectivity index (χ2v) is 6.46. The fraction of sp³-hybridized carbons (Fsp3) is 0.545. The lowest BCUT2D eigenvalue weighted by Gasteiger charge is -2.30. The van der Waals surface area contributed by atoms with Gasteiger partial charge in [0.25, 0.3) is 15.7 Å². The van der Waals surface area contributed by atoms with Gasteiger partial charge in [-0.05, 0) is 26.0 Å². The maximum atomic E-state index is 12.3. The van der Waals surface area contributed by atoms with Gasteiger partial charge < -0.3 is 5.32 Å². The smallest absolute Gasteiger partial charge is 0.287 e. The molecule has 0 aliphatic carbocycles. The first kappa shape index (κ1) is 14.8. The van der Waals surface area contributed by atoms with Crippen LogP contribution in [-0.2, 0) is 10.0 Å². The lowest BCUT2D eigenvalue weighted by atomic mass is 10.1. The Morgan fingerprint density at radius 2 is 2.05 bits per heavy atom. The third kappa shape index (κ3) is 2.94. The number of nitrogens with one attached hydrogen (secondary N) is 1. The number of sulfonamides is 1. The normalized spacial score (nSPS) is 18.1. The largest absolute Gasteiger partial charge is 0.317 e. The van der Waals surface area contributed by atoms with Crippen LogP contribution in [0.4, 0.5) is 5.69 Å². The fourth-order valence-corrected chi connectivity index (χ4v) is 3.53. The van der Waals surface area contributed by atoms with Crippen LogP contribution in [0.5, 0.6) is 0 Å². The first-order valence-corrected chi connectivity index (χ1v) is 7.67. The molecule has 2 heterocycles. The second-order valence-electron chi connectivity index (χ2n) is 4.58. The van der Waals surface area contributed by atoms with Crippen molar-refractivity contribution in [3.63, 3.8) is 0 Å². The van der Waals surface area contributed by atoms with Gasteiger partial charge in [0.05, 0.1) is 4.92 Å². The predicted molar refractivity (Wildman–Crippen MR) is 71.7 cm³/mol. The molecule has 0 aromatic carbocycles. The van der Waals surface area contributed by atoms with E-state index in [1.165, 1.54) is 10.4 Å². The summed E-state index contributed by atoms with van der Waals surface area (Å²) in [6.45, 7) is 0.846. The summed E-state index contributed by atoms with van der Waals surface area (Å²) in [6, 6.07) is 2.66. The molecule has 110 valence electrons. The van der Waals surface area contributed by atoms with Gasteiger partial charge in [-0.25, -0.2) is 13.4 Å². The van der Waals surface area contributed by atoms with Gasteiger partial charge in [-0.2, -0.15) is 4.31 Å². The summed E-state index contributed by atoms with van der Waals surface area (Å²) in [5.74, 6) is 0. The Labute approximate surface area is 117 Å². The van der Waals surface area contributed by atoms with Gasteiger partial charge in [-0.3, -0.25) is 10.1 Å². The molecule has 0 spiro atoms. The van der Waals surface area contributed by atoms with E-state index in [-0.39, 0.29) is 10.7 Å². The molecule has 0 unspecified atom stereocenters. The van der Waals surface area contributed by atoms with Crippen molar-refractivity contribution in [1.29, 1.82) is 0 Å². The van der Waals surface area contributed by atoms with Crippen LogP contribution in [0.1, 0.15) is 12.8 Å². The number of hydrogen-bond acceptors (Lipinski definition) is 6. The Morgan fingerprint density at radius 3 is 2.50 bits per heavy atom. The van der Waals surface area contributed by atoms with Crippen LogP contribution < -0.4 is 5.32 Å². The Balaban J connectivity index is 2.16. The molecule has 1 aliphatic rings. The van der Waals surface area contributed by atoms with Crippen molar-refractivity contribution in [2.45, 2.75) is 23.9 Å². The number of nitrogens with zero attached hydrogens (tertiary/aromatic N) is 3. The number of nitro groups is 1. The zero-order valence-electron chi connectivity index (χ0n) is 11.0. The molecule has 0 amide bonds. The predicted octanol–water partition coefficient (Wildman–Crippen LogP) is 0.362. The van der Waals surface area contributed by atoms with Crippen molar-refractivity contribution in [1.82, 2.24) is 14.6 Å². The standard InChI is InChI=1S/C11H16N4O4S/c1-12-9-4-6-14(7-5-9)20(18,19)11-3-2-10(8-13-11)15(16)17/h2-3,8-9,12H,4-7H2,1H3. The van der Waals surface area contributed by atoms with Crippen molar-refractivity contribution in [2.75, 3.05) is 20.1 Å². The van der Waals surface area contributed by atoms with E-state index in [1.54, 1.807) is 0 Å². The molecule has 0 radical (unpaired) electrons. The monoisotopic (exact) mass is 300 g/mol. The number of pyridine rings is 1. The van der Waals surface area contributed by atoms with E-state index in [2.05, 4.69) is 10.3 Å². The number of aromatic nitrogens is 1. The maximum absolute atomic E-state index is 12.3. The Kier molecular flexibility index (Phi) is 4.31. The summed E-state index contributed by atoms with van der Waals surface area (Å²) in [5, 5.41) is 13.5. The van der Waals surface area contributed by atoms with Gasteiger partial charge in [0.1, 0.15) is 6.20 Å². The van der Waals surface area contributed by atoms with Crippen LogP contribution >= 0.6 is 0 Å². The van der Waals surface area contributed by atoms with Crippen LogP contribution in [0, 0.1) is 10.1 Å². The number of piperidine rings is 1. The molecule has 1 aliphatic heterocycles. The van der Waals surface area contributed by atoms with Gasteiger partial charge in [0, 0.05) is 25.2 Å². The minimum Gasteiger partial charge on any atom is -0.317 e. The van der Waals surface area contributed by atoms with E-state index in [4.69, 9.17) is 0 Å². The molecule has 2 rings (SSSR count). The van der Waals surface area contributed by atoms with Crippen molar-refractivity contribution < 1.29 is 13.3 Å². The highest BCUT2D eigenvalue weighted by molar-refractivity contribution is 7.89. The molecule has 8 nitrogen and oxygen atoms in total. The molecule has 1 saturated heterocycles. The van der Waals surface area contributed by atoms with E-state index >= 15 is 0 Å². The quantitative estimate of drug-likeness (QED) is 0.636. The molecule has 1 aromatic heterocycles. The third-order valence-electron chi connectivity index (χ3n) is 3.40. The zero-order valence-corrected chi connectivity index (χ0v) is 11.8. The summed E-state index contributed by atoms with van der Waals surface area (Å²) in [6.07, 6.45) is 2.44. The van der Waals surface area contributed by atoms with Crippen LogP contribution in [0.25, 0.3) is 0 Å². The molecule has 9 heteroatoms. The van der Waals surface area contributed by atoms with E-state index in [0.29, 0.717) is 19.1 Å². The highest BCUT2D eigenvalue weighted by Crippen LogP contribution is 2.20. The average Bonchev–Trinajstić information content (AvgIpc) is 2.47. The fourth-order valence-electron chi connectivity index (χ4n) is 2.15. The van der Waals surface area contributed by atoms with Crippen LogP contribution in [0.3, 0.4) is 0 Å². The molecule has 0 atom stereocenters. The lowest BCUT2D eigenvalue weighted by molar-refractivity contribution is -0.385. The first-order valence-electron chi connectivity index (χ1n) is 6.23. The molecule has 20 heavy (non-hydrogen) atoms. The average molecular weight is 300 g/mol. The third-order valence-corrected chi connectivity index (χ3v) is 5.21. The summed E-state index contributed by atoms with van der Waals surface area (Å²) in [7, 11) is -1.81. The highest BCUT2D eigenvalue weighted by Gasteiger charge is 2.30. The van der Waals surface area contributed by atoms with Crippen molar-refractivity contribution >= 4 is 15.7 Å². The Morgan fingerprint density at radius 1 is 1.40 bits per heavy atom. The van der Waals surface area contributed by atoms with Gasteiger partial charge in [0.15, 0.2) is 5.03 Å². The summed E-state index contributed by atoms with van der Waals surface area (Å²) in [4.78, 5) is 13.6. The second kappa shape index (κ2) is 5.81.